The number of nitrogens with two attached hydrogens (primary N) is 1. The summed E-state index contributed by atoms with van der Waals surface area (Å²) in [6, 6.07) is 5.06. The zero-order valence-corrected chi connectivity index (χ0v) is 11.1. The van der Waals surface area contributed by atoms with E-state index in [2.05, 4.69) is 10.3 Å². The molecule has 1 heterocycles. The Kier molecular flexibility index (Phi) is 3.96. The third-order valence-electron chi connectivity index (χ3n) is 2.37. The standard InChI is InChI=1S/C12H13N3O3S/c1-2-18-10(16)6-14-11(17)7-3-4-8-9(5-7)19-12(13)15-8/h3-5H,2,6H2,1H3,(H2,13,15)(H,14,17). The molecule has 19 heavy (non-hydrogen) atoms. The Balaban J connectivity index is 2.06. The fraction of sp³-hybridized carbons (Fsp3) is 0.250. The van der Waals surface area contributed by atoms with Crippen LogP contribution in [-0.4, -0.2) is 30.0 Å². The molecule has 1 amide bonds. The normalized spacial score (nSPS) is 10.4. The van der Waals surface area contributed by atoms with E-state index < -0.39 is 5.97 Å². The van der Waals surface area contributed by atoms with Gasteiger partial charge in [-0.1, -0.05) is 11.3 Å². The average Bonchev–Trinajstić information content (AvgIpc) is 2.75. The van der Waals surface area contributed by atoms with Crippen molar-refractivity contribution < 1.29 is 14.3 Å². The van der Waals surface area contributed by atoms with E-state index >= 15 is 0 Å². The topological polar surface area (TPSA) is 94.3 Å². The molecule has 100 valence electrons. The number of hydrogen-bond donors (Lipinski definition) is 2. The molecule has 0 atom stereocenters. The van der Waals surface area contributed by atoms with E-state index in [1.165, 1.54) is 11.3 Å². The molecule has 0 saturated carbocycles. The molecule has 0 saturated heterocycles. The number of carbonyl (C=O) groups excluding carboxylic acids is 2. The van der Waals surface area contributed by atoms with Gasteiger partial charge in [0.2, 0.25) is 0 Å². The lowest BCUT2D eigenvalue weighted by Gasteiger charge is -2.04. The Morgan fingerprint density at radius 1 is 1.47 bits per heavy atom. The summed E-state index contributed by atoms with van der Waals surface area (Å²) in [6.45, 7) is 1.86. The first-order valence-electron chi connectivity index (χ1n) is 5.70. The average molecular weight is 279 g/mol. The molecule has 1 aromatic carbocycles. The Hall–Kier alpha value is -2.15. The van der Waals surface area contributed by atoms with Gasteiger partial charge >= 0.3 is 5.97 Å². The second-order valence-electron chi connectivity index (χ2n) is 3.72. The molecule has 6 nitrogen and oxygen atoms in total. The molecule has 0 aliphatic carbocycles. The lowest BCUT2D eigenvalue weighted by Crippen LogP contribution is -2.30. The lowest BCUT2D eigenvalue weighted by atomic mass is 10.2. The van der Waals surface area contributed by atoms with E-state index in [9.17, 15) is 9.59 Å². The highest BCUT2D eigenvalue weighted by Crippen LogP contribution is 2.24. The number of nitrogen functional groups attached to an aromatic ring is 1. The minimum Gasteiger partial charge on any atom is -0.465 e. The molecular weight excluding hydrogens is 266 g/mol. The first-order valence-corrected chi connectivity index (χ1v) is 6.51. The SMILES string of the molecule is CCOC(=O)CNC(=O)c1ccc2nc(N)sc2c1. The van der Waals surface area contributed by atoms with Crippen LogP contribution < -0.4 is 11.1 Å². The number of anilines is 1. The number of nitrogens with one attached hydrogen (secondary N) is 1. The van der Waals surface area contributed by atoms with Gasteiger partial charge in [0, 0.05) is 5.56 Å². The van der Waals surface area contributed by atoms with E-state index in [1.807, 2.05) is 0 Å². The van der Waals surface area contributed by atoms with Crippen molar-refractivity contribution in [3.8, 4) is 0 Å². The Morgan fingerprint density at radius 3 is 3.00 bits per heavy atom. The van der Waals surface area contributed by atoms with Gasteiger partial charge < -0.3 is 15.8 Å². The van der Waals surface area contributed by atoms with Crippen LogP contribution in [0.15, 0.2) is 18.2 Å². The Bertz CT molecular complexity index is 624. The number of carbonyl (C=O) groups is 2. The van der Waals surface area contributed by atoms with Gasteiger partial charge in [0.15, 0.2) is 5.13 Å². The maximum atomic E-state index is 11.8. The number of nitrogens with zero attached hydrogens (tertiary/aromatic N) is 1. The van der Waals surface area contributed by atoms with Crippen LogP contribution in [0.25, 0.3) is 10.2 Å². The fourth-order valence-electron chi connectivity index (χ4n) is 1.55. The van der Waals surface area contributed by atoms with Gasteiger partial charge in [-0.2, -0.15) is 0 Å². The number of hydrogen-bond acceptors (Lipinski definition) is 6. The van der Waals surface area contributed by atoms with Crippen molar-refractivity contribution in [2.24, 2.45) is 0 Å². The highest BCUT2D eigenvalue weighted by molar-refractivity contribution is 7.22. The van der Waals surface area contributed by atoms with Gasteiger partial charge in [0.25, 0.3) is 5.91 Å². The molecular formula is C12H13N3O3S. The van der Waals surface area contributed by atoms with E-state index in [-0.39, 0.29) is 12.5 Å². The highest BCUT2D eigenvalue weighted by atomic mass is 32.1. The summed E-state index contributed by atoms with van der Waals surface area (Å²) in [5, 5.41) is 2.95. The largest absolute Gasteiger partial charge is 0.465 e. The van der Waals surface area contributed by atoms with Crippen molar-refractivity contribution in [1.29, 1.82) is 0 Å². The summed E-state index contributed by atoms with van der Waals surface area (Å²) in [4.78, 5) is 27.1. The molecule has 1 aromatic heterocycles. The van der Waals surface area contributed by atoms with Gasteiger partial charge in [-0.15, -0.1) is 0 Å². The summed E-state index contributed by atoms with van der Waals surface area (Å²) in [7, 11) is 0. The minimum atomic E-state index is -0.459. The third kappa shape index (κ3) is 3.19. The van der Waals surface area contributed by atoms with Crippen molar-refractivity contribution in [3.05, 3.63) is 23.8 Å². The number of amides is 1. The van der Waals surface area contributed by atoms with Crippen LogP contribution >= 0.6 is 11.3 Å². The molecule has 7 heteroatoms. The van der Waals surface area contributed by atoms with Crippen LogP contribution in [0.5, 0.6) is 0 Å². The zero-order valence-electron chi connectivity index (χ0n) is 10.3. The van der Waals surface area contributed by atoms with Crippen molar-refractivity contribution >= 4 is 38.6 Å². The molecule has 0 aliphatic heterocycles. The van der Waals surface area contributed by atoms with Crippen molar-refractivity contribution in [3.63, 3.8) is 0 Å². The van der Waals surface area contributed by atoms with Gasteiger partial charge in [0.05, 0.1) is 16.8 Å². The molecule has 2 rings (SSSR count). The maximum absolute atomic E-state index is 11.8. The van der Waals surface area contributed by atoms with Crippen LogP contribution in [0, 0.1) is 0 Å². The third-order valence-corrected chi connectivity index (χ3v) is 3.21. The number of ether oxygens (including phenoxy) is 1. The predicted octanol–water partition coefficient (Wildman–Crippen LogP) is 1.17. The van der Waals surface area contributed by atoms with E-state index in [0.29, 0.717) is 17.3 Å². The second-order valence-corrected chi connectivity index (χ2v) is 4.78. The second kappa shape index (κ2) is 5.66. The van der Waals surface area contributed by atoms with Crippen LogP contribution in [0.2, 0.25) is 0 Å². The van der Waals surface area contributed by atoms with E-state index in [4.69, 9.17) is 10.5 Å². The lowest BCUT2D eigenvalue weighted by molar-refractivity contribution is -0.141. The maximum Gasteiger partial charge on any atom is 0.325 e. The number of fused-ring (bicyclic) bond motifs is 1. The molecule has 3 N–H and O–H groups in total. The van der Waals surface area contributed by atoms with Crippen LogP contribution in [0.4, 0.5) is 5.13 Å². The first-order chi connectivity index (χ1) is 9.10. The fourth-order valence-corrected chi connectivity index (χ4v) is 2.32. The van der Waals surface area contributed by atoms with Gasteiger partial charge in [-0.05, 0) is 25.1 Å². The summed E-state index contributed by atoms with van der Waals surface area (Å²) >= 11 is 1.31. The molecule has 0 bridgehead atoms. The molecule has 0 fully saturated rings. The van der Waals surface area contributed by atoms with Crippen LogP contribution in [0.3, 0.4) is 0 Å². The van der Waals surface area contributed by atoms with E-state index in [1.54, 1.807) is 25.1 Å². The van der Waals surface area contributed by atoms with Gasteiger partial charge in [-0.3, -0.25) is 9.59 Å². The monoisotopic (exact) mass is 279 g/mol. The number of thiazole rings is 1. The van der Waals surface area contributed by atoms with Crippen LogP contribution in [-0.2, 0) is 9.53 Å². The Morgan fingerprint density at radius 2 is 2.26 bits per heavy atom. The van der Waals surface area contributed by atoms with E-state index in [0.717, 1.165) is 10.2 Å². The summed E-state index contributed by atoms with van der Waals surface area (Å²) < 4.78 is 5.56. The molecule has 0 aliphatic rings. The Labute approximate surface area is 113 Å². The molecule has 0 spiro atoms. The quantitative estimate of drug-likeness (QED) is 0.819. The summed E-state index contributed by atoms with van der Waals surface area (Å²) in [6.07, 6.45) is 0. The van der Waals surface area contributed by atoms with Gasteiger partial charge in [0.1, 0.15) is 6.54 Å². The predicted molar refractivity (Wildman–Crippen MR) is 73.0 cm³/mol. The molecule has 2 aromatic rings. The minimum absolute atomic E-state index is 0.143. The smallest absolute Gasteiger partial charge is 0.325 e. The van der Waals surface area contributed by atoms with Crippen molar-refractivity contribution in [1.82, 2.24) is 10.3 Å². The number of aromatic nitrogens is 1. The number of esters is 1. The highest BCUT2D eigenvalue weighted by Gasteiger charge is 2.10. The number of benzene rings is 1. The van der Waals surface area contributed by atoms with Crippen molar-refractivity contribution in [2.75, 3.05) is 18.9 Å². The number of rotatable bonds is 4. The molecule has 0 radical (unpaired) electrons. The van der Waals surface area contributed by atoms with Gasteiger partial charge in [-0.25, -0.2) is 4.98 Å². The van der Waals surface area contributed by atoms with Crippen molar-refractivity contribution in [2.45, 2.75) is 6.92 Å². The molecule has 0 unspecified atom stereocenters. The zero-order chi connectivity index (χ0) is 13.8. The van der Waals surface area contributed by atoms with Crippen LogP contribution in [0.1, 0.15) is 17.3 Å². The summed E-state index contributed by atoms with van der Waals surface area (Å²) in [5.41, 5.74) is 6.81. The summed E-state index contributed by atoms with van der Waals surface area (Å²) in [5.74, 6) is -0.791. The first kappa shape index (κ1) is 13.3.